The molecule has 0 atom stereocenters. The lowest BCUT2D eigenvalue weighted by atomic mass is 10.2. The van der Waals surface area contributed by atoms with E-state index >= 15 is 0 Å². The quantitative estimate of drug-likeness (QED) is 0.224. The maximum Gasteiger partial charge on any atom is 0.246 e. The fraction of sp³-hybridized carbons (Fsp3) is 0.556. The minimum Gasteiger partial charge on any atom is -0.508 e. The molecule has 0 unspecified atom stereocenters. The topological polar surface area (TPSA) is 95.0 Å². The van der Waals surface area contributed by atoms with Gasteiger partial charge in [0.25, 0.3) is 0 Å². The number of benzene rings is 1. The average molecular weight is 350 g/mol. The minimum atomic E-state index is -0.219. The normalized spacial score (nSPS) is 11.4. The van der Waals surface area contributed by atoms with Crippen LogP contribution in [-0.4, -0.2) is 49.8 Å². The molecule has 4 N–H and O–H groups in total. The number of carbonyl (C=O) groups excluding carboxylic acids is 1. The summed E-state index contributed by atoms with van der Waals surface area (Å²) in [7, 11) is 0. The van der Waals surface area contributed by atoms with Crippen molar-refractivity contribution < 1.29 is 14.6 Å². The third kappa shape index (κ3) is 10.2. The number of amides is 1. The molecule has 0 bridgehead atoms. The lowest BCUT2D eigenvalue weighted by Crippen LogP contribution is -2.38. The largest absolute Gasteiger partial charge is 0.508 e. The second-order valence-electron chi connectivity index (χ2n) is 6.04. The molecule has 0 aliphatic heterocycles. The van der Waals surface area contributed by atoms with E-state index in [9.17, 15) is 9.90 Å². The van der Waals surface area contributed by atoms with Crippen molar-refractivity contribution in [2.24, 2.45) is 10.9 Å². The van der Waals surface area contributed by atoms with Gasteiger partial charge in [-0.25, -0.2) is 4.99 Å². The lowest BCUT2D eigenvalue weighted by molar-refractivity contribution is -0.114. The summed E-state index contributed by atoms with van der Waals surface area (Å²) in [6.45, 7) is 9.14. The maximum atomic E-state index is 11.9. The Bertz CT molecular complexity index is 530. The number of rotatable bonds is 10. The zero-order valence-corrected chi connectivity index (χ0v) is 15.3. The van der Waals surface area contributed by atoms with E-state index in [1.165, 1.54) is 12.1 Å². The zero-order chi connectivity index (χ0) is 18.5. The van der Waals surface area contributed by atoms with Gasteiger partial charge in [0, 0.05) is 32.0 Å². The molecule has 1 rings (SSSR count). The van der Waals surface area contributed by atoms with Crippen LogP contribution < -0.4 is 16.0 Å². The first-order chi connectivity index (χ1) is 12.0. The Labute approximate surface area is 149 Å². The van der Waals surface area contributed by atoms with Crippen molar-refractivity contribution in [1.82, 2.24) is 10.6 Å². The van der Waals surface area contributed by atoms with Crippen LogP contribution in [0.5, 0.6) is 5.75 Å². The summed E-state index contributed by atoms with van der Waals surface area (Å²) in [6.07, 6.45) is 0.872. The van der Waals surface area contributed by atoms with Gasteiger partial charge in [-0.05, 0) is 43.5 Å². The van der Waals surface area contributed by atoms with Crippen LogP contribution in [0.4, 0.5) is 5.69 Å². The number of aliphatic imine (C=N–C) groups is 1. The molecule has 0 heterocycles. The molecule has 0 aliphatic carbocycles. The predicted molar refractivity (Wildman–Crippen MR) is 101 cm³/mol. The van der Waals surface area contributed by atoms with Crippen molar-refractivity contribution in [3.8, 4) is 5.75 Å². The fourth-order valence-corrected chi connectivity index (χ4v) is 1.94. The summed E-state index contributed by atoms with van der Waals surface area (Å²) in [6, 6.07) is 6.31. The van der Waals surface area contributed by atoms with E-state index in [4.69, 9.17) is 4.74 Å². The Morgan fingerprint density at radius 2 is 1.96 bits per heavy atom. The van der Waals surface area contributed by atoms with Crippen LogP contribution in [0.2, 0.25) is 0 Å². The van der Waals surface area contributed by atoms with Gasteiger partial charge in [0.05, 0.1) is 0 Å². The number of phenolic OH excluding ortho intramolecular Hbond substituents is 1. The number of guanidine groups is 1. The van der Waals surface area contributed by atoms with Gasteiger partial charge in [-0.3, -0.25) is 4.79 Å². The van der Waals surface area contributed by atoms with Gasteiger partial charge in [0.15, 0.2) is 5.96 Å². The first-order valence-corrected chi connectivity index (χ1v) is 8.70. The number of anilines is 1. The molecule has 1 aromatic rings. The Hall–Kier alpha value is -2.28. The standard InChI is InChI=1S/C18H30N4O3/c1-4-19-18(20-10-5-11-25-13-14(2)3)21-12-17(24)22-15-6-8-16(23)9-7-15/h6-9,14,23H,4-5,10-13H2,1-3H3,(H,22,24)(H2,19,20,21). The Morgan fingerprint density at radius 1 is 1.24 bits per heavy atom. The number of hydrogen-bond donors (Lipinski definition) is 4. The van der Waals surface area contributed by atoms with Crippen molar-refractivity contribution in [3.05, 3.63) is 24.3 Å². The van der Waals surface area contributed by atoms with Crippen molar-refractivity contribution in [2.75, 3.05) is 38.2 Å². The first kappa shape index (κ1) is 20.8. The van der Waals surface area contributed by atoms with Crippen LogP contribution >= 0.6 is 0 Å². The highest BCUT2D eigenvalue weighted by Crippen LogP contribution is 2.13. The molecular formula is C18H30N4O3. The van der Waals surface area contributed by atoms with Crippen LogP contribution in [0, 0.1) is 5.92 Å². The number of hydrogen-bond acceptors (Lipinski definition) is 4. The summed E-state index contributed by atoms with van der Waals surface area (Å²) in [5, 5.41) is 18.2. The summed E-state index contributed by atoms with van der Waals surface area (Å²) < 4.78 is 5.53. The van der Waals surface area contributed by atoms with Gasteiger partial charge < -0.3 is 25.8 Å². The SMILES string of the molecule is CCNC(=NCC(=O)Nc1ccc(O)cc1)NCCCOCC(C)C. The van der Waals surface area contributed by atoms with Crippen LogP contribution in [0.3, 0.4) is 0 Å². The molecule has 0 spiro atoms. The molecule has 0 radical (unpaired) electrons. The van der Waals surface area contributed by atoms with Gasteiger partial charge in [-0.2, -0.15) is 0 Å². The van der Waals surface area contributed by atoms with Crippen LogP contribution in [0.1, 0.15) is 27.2 Å². The van der Waals surface area contributed by atoms with E-state index in [-0.39, 0.29) is 18.2 Å². The summed E-state index contributed by atoms with van der Waals surface area (Å²) in [5.74, 6) is 1.08. The highest BCUT2D eigenvalue weighted by Gasteiger charge is 2.03. The molecule has 0 aromatic heterocycles. The van der Waals surface area contributed by atoms with Crippen LogP contribution in [0.25, 0.3) is 0 Å². The molecule has 140 valence electrons. The lowest BCUT2D eigenvalue weighted by Gasteiger charge is -2.12. The van der Waals surface area contributed by atoms with E-state index in [0.717, 1.165) is 26.1 Å². The summed E-state index contributed by atoms with van der Waals surface area (Å²) in [4.78, 5) is 16.2. The molecule has 7 heteroatoms. The minimum absolute atomic E-state index is 0.0139. The summed E-state index contributed by atoms with van der Waals surface area (Å²) >= 11 is 0. The smallest absolute Gasteiger partial charge is 0.246 e. The Morgan fingerprint density at radius 3 is 2.60 bits per heavy atom. The van der Waals surface area contributed by atoms with Gasteiger partial charge in [0.1, 0.15) is 12.3 Å². The summed E-state index contributed by atoms with van der Waals surface area (Å²) in [5.41, 5.74) is 0.623. The maximum absolute atomic E-state index is 11.9. The zero-order valence-electron chi connectivity index (χ0n) is 15.3. The Kier molecular flexibility index (Phi) is 10.1. The third-order valence-electron chi connectivity index (χ3n) is 3.09. The Balaban J connectivity index is 2.33. The third-order valence-corrected chi connectivity index (χ3v) is 3.09. The van der Waals surface area contributed by atoms with E-state index in [0.29, 0.717) is 24.2 Å². The van der Waals surface area contributed by atoms with Crippen LogP contribution in [0.15, 0.2) is 29.3 Å². The predicted octanol–water partition coefficient (Wildman–Crippen LogP) is 1.95. The van der Waals surface area contributed by atoms with Crippen LogP contribution in [-0.2, 0) is 9.53 Å². The second kappa shape index (κ2) is 12.1. The molecule has 25 heavy (non-hydrogen) atoms. The molecule has 0 saturated heterocycles. The number of nitrogens with zero attached hydrogens (tertiary/aromatic N) is 1. The van der Waals surface area contributed by atoms with E-state index in [1.54, 1.807) is 12.1 Å². The second-order valence-corrected chi connectivity index (χ2v) is 6.04. The monoisotopic (exact) mass is 350 g/mol. The fourth-order valence-electron chi connectivity index (χ4n) is 1.94. The number of nitrogens with one attached hydrogen (secondary N) is 3. The van der Waals surface area contributed by atoms with Gasteiger partial charge in [-0.15, -0.1) is 0 Å². The molecule has 0 aliphatic rings. The van der Waals surface area contributed by atoms with Crippen molar-refractivity contribution in [2.45, 2.75) is 27.2 Å². The molecule has 1 amide bonds. The molecular weight excluding hydrogens is 320 g/mol. The highest BCUT2D eigenvalue weighted by molar-refractivity contribution is 5.94. The van der Waals surface area contributed by atoms with Gasteiger partial charge in [-0.1, -0.05) is 13.8 Å². The van der Waals surface area contributed by atoms with Crippen molar-refractivity contribution in [3.63, 3.8) is 0 Å². The number of aromatic hydroxyl groups is 1. The molecule has 0 fully saturated rings. The van der Waals surface area contributed by atoms with Gasteiger partial charge in [0.2, 0.25) is 5.91 Å². The number of ether oxygens (including phenoxy) is 1. The van der Waals surface area contributed by atoms with E-state index in [2.05, 4.69) is 34.8 Å². The molecule has 7 nitrogen and oxygen atoms in total. The number of phenols is 1. The van der Waals surface area contributed by atoms with Crippen molar-refractivity contribution >= 4 is 17.6 Å². The van der Waals surface area contributed by atoms with E-state index < -0.39 is 0 Å². The molecule has 1 aromatic carbocycles. The molecule has 0 saturated carbocycles. The first-order valence-electron chi connectivity index (χ1n) is 8.70. The highest BCUT2D eigenvalue weighted by atomic mass is 16.5. The number of carbonyl (C=O) groups is 1. The van der Waals surface area contributed by atoms with Gasteiger partial charge >= 0.3 is 0 Å². The average Bonchev–Trinajstić information content (AvgIpc) is 2.57. The van der Waals surface area contributed by atoms with E-state index in [1.807, 2.05) is 6.92 Å². The van der Waals surface area contributed by atoms with Crippen molar-refractivity contribution in [1.29, 1.82) is 0 Å².